The lowest BCUT2D eigenvalue weighted by Crippen LogP contribution is -2.34. The predicted molar refractivity (Wildman–Crippen MR) is 93.4 cm³/mol. The van der Waals surface area contributed by atoms with Gasteiger partial charge in [0.2, 0.25) is 6.10 Å². The fourth-order valence-corrected chi connectivity index (χ4v) is 2.96. The highest BCUT2D eigenvalue weighted by atomic mass is 19.1. The van der Waals surface area contributed by atoms with Crippen LogP contribution in [0.2, 0.25) is 0 Å². The molecular weight excluding hydrogens is 337 g/mol. The van der Waals surface area contributed by atoms with Crippen molar-refractivity contribution in [3.05, 3.63) is 65.5 Å². The van der Waals surface area contributed by atoms with Gasteiger partial charge in [0, 0.05) is 18.7 Å². The standard InChI is InChI=1S/C20H20FNO4/c1-25-17-10-9-15(13-16(17)21)20(24)26-18(14-7-3-2-4-8-14)19(23)22-11-5-6-12-22/h2-4,7-10,13,18H,5-6,11-12H2,1H3/t18-/m0/s1. The highest BCUT2D eigenvalue weighted by Crippen LogP contribution is 2.25. The second kappa shape index (κ2) is 7.99. The van der Waals surface area contributed by atoms with Crippen LogP contribution in [-0.4, -0.2) is 37.0 Å². The van der Waals surface area contributed by atoms with Crippen molar-refractivity contribution in [3.8, 4) is 5.75 Å². The maximum Gasteiger partial charge on any atom is 0.339 e. The van der Waals surface area contributed by atoms with Crippen LogP contribution < -0.4 is 4.74 Å². The molecule has 136 valence electrons. The van der Waals surface area contributed by atoms with Gasteiger partial charge in [-0.05, 0) is 31.0 Å². The quantitative estimate of drug-likeness (QED) is 0.770. The molecule has 2 aromatic rings. The maximum atomic E-state index is 13.9. The van der Waals surface area contributed by atoms with Crippen LogP contribution in [0.15, 0.2) is 48.5 Å². The molecule has 0 bridgehead atoms. The first-order valence-electron chi connectivity index (χ1n) is 8.48. The lowest BCUT2D eigenvalue weighted by atomic mass is 10.1. The van der Waals surface area contributed by atoms with Gasteiger partial charge in [0.1, 0.15) is 0 Å². The number of halogens is 1. The van der Waals surface area contributed by atoms with Gasteiger partial charge in [-0.2, -0.15) is 0 Å². The Bertz CT molecular complexity index is 788. The van der Waals surface area contributed by atoms with Gasteiger partial charge in [0.15, 0.2) is 11.6 Å². The second-order valence-corrected chi connectivity index (χ2v) is 6.08. The van der Waals surface area contributed by atoms with Crippen molar-refractivity contribution in [1.29, 1.82) is 0 Å². The number of hydrogen-bond donors (Lipinski definition) is 0. The Hall–Kier alpha value is -2.89. The molecular formula is C20H20FNO4. The molecule has 1 saturated heterocycles. The van der Waals surface area contributed by atoms with Crippen molar-refractivity contribution in [3.63, 3.8) is 0 Å². The van der Waals surface area contributed by atoms with Crippen molar-refractivity contribution >= 4 is 11.9 Å². The number of nitrogens with zero attached hydrogens (tertiary/aromatic N) is 1. The fourth-order valence-electron chi connectivity index (χ4n) is 2.96. The van der Waals surface area contributed by atoms with E-state index < -0.39 is 17.9 Å². The van der Waals surface area contributed by atoms with E-state index in [1.807, 2.05) is 6.07 Å². The molecule has 2 aromatic carbocycles. The van der Waals surface area contributed by atoms with Crippen LogP contribution in [-0.2, 0) is 9.53 Å². The molecule has 1 aliphatic heterocycles. The Kier molecular flexibility index (Phi) is 5.51. The normalized spacial score (nSPS) is 14.8. The summed E-state index contributed by atoms with van der Waals surface area (Å²) < 4.78 is 24.2. The summed E-state index contributed by atoms with van der Waals surface area (Å²) in [5, 5.41) is 0. The van der Waals surface area contributed by atoms with E-state index in [2.05, 4.69) is 0 Å². The lowest BCUT2D eigenvalue weighted by molar-refractivity contribution is -0.140. The van der Waals surface area contributed by atoms with Gasteiger partial charge >= 0.3 is 5.97 Å². The average molecular weight is 357 g/mol. The third-order valence-corrected chi connectivity index (χ3v) is 4.36. The van der Waals surface area contributed by atoms with Crippen LogP contribution in [0.5, 0.6) is 5.75 Å². The molecule has 0 spiro atoms. The number of esters is 1. The Morgan fingerprint density at radius 2 is 1.77 bits per heavy atom. The number of methoxy groups -OCH3 is 1. The summed E-state index contributed by atoms with van der Waals surface area (Å²) in [6.07, 6.45) is 0.822. The lowest BCUT2D eigenvalue weighted by Gasteiger charge is -2.23. The number of benzene rings is 2. The zero-order valence-corrected chi connectivity index (χ0v) is 14.5. The number of likely N-dealkylation sites (tertiary alicyclic amines) is 1. The third-order valence-electron chi connectivity index (χ3n) is 4.36. The van der Waals surface area contributed by atoms with Crippen molar-refractivity contribution < 1.29 is 23.5 Å². The van der Waals surface area contributed by atoms with Gasteiger partial charge in [-0.1, -0.05) is 30.3 Å². The fraction of sp³-hybridized carbons (Fsp3) is 0.300. The van der Waals surface area contributed by atoms with E-state index in [0.29, 0.717) is 18.7 Å². The minimum atomic E-state index is -1.05. The van der Waals surface area contributed by atoms with Crippen LogP contribution in [0.3, 0.4) is 0 Å². The molecule has 6 heteroatoms. The van der Waals surface area contributed by atoms with E-state index >= 15 is 0 Å². The molecule has 1 amide bonds. The molecule has 0 N–H and O–H groups in total. The molecule has 26 heavy (non-hydrogen) atoms. The summed E-state index contributed by atoms with van der Waals surface area (Å²) in [5.74, 6) is -1.64. The summed E-state index contributed by atoms with van der Waals surface area (Å²) in [6.45, 7) is 1.30. The van der Waals surface area contributed by atoms with Gasteiger partial charge < -0.3 is 14.4 Å². The predicted octanol–water partition coefficient (Wildman–Crippen LogP) is 3.35. The maximum absolute atomic E-state index is 13.9. The van der Waals surface area contributed by atoms with Gasteiger partial charge in [-0.15, -0.1) is 0 Å². The first-order valence-corrected chi connectivity index (χ1v) is 8.48. The summed E-state index contributed by atoms with van der Waals surface area (Å²) in [5.41, 5.74) is 0.616. The summed E-state index contributed by atoms with van der Waals surface area (Å²) in [7, 11) is 1.34. The minimum Gasteiger partial charge on any atom is -0.494 e. The van der Waals surface area contributed by atoms with Crippen molar-refractivity contribution in [1.82, 2.24) is 4.90 Å². The zero-order chi connectivity index (χ0) is 18.5. The summed E-state index contributed by atoms with van der Waals surface area (Å²) >= 11 is 0. The Morgan fingerprint density at radius 3 is 2.38 bits per heavy atom. The zero-order valence-electron chi connectivity index (χ0n) is 14.5. The molecule has 1 aliphatic rings. The number of ether oxygens (including phenoxy) is 2. The first-order chi connectivity index (χ1) is 12.6. The van der Waals surface area contributed by atoms with Crippen LogP contribution in [0.25, 0.3) is 0 Å². The largest absolute Gasteiger partial charge is 0.494 e. The molecule has 1 fully saturated rings. The van der Waals surface area contributed by atoms with Gasteiger partial charge in [0.05, 0.1) is 12.7 Å². The van der Waals surface area contributed by atoms with Crippen molar-refractivity contribution in [2.45, 2.75) is 18.9 Å². The molecule has 1 heterocycles. The van der Waals surface area contributed by atoms with Gasteiger partial charge in [-0.25, -0.2) is 9.18 Å². The Balaban J connectivity index is 1.84. The van der Waals surface area contributed by atoms with Crippen molar-refractivity contribution in [2.24, 2.45) is 0 Å². The van der Waals surface area contributed by atoms with Gasteiger partial charge in [0.25, 0.3) is 5.91 Å². The van der Waals surface area contributed by atoms with E-state index in [9.17, 15) is 14.0 Å². The minimum absolute atomic E-state index is 0.0263. The van der Waals surface area contributed by atoms with Crippen LogP contribution >= 0.6 is 0 Å². The molecule has 3 rings (SSSR count). The van der Waals surface area contributed by atoms with E-state index in [4.69, 9.17) is 9.47 Å². The number of carbonyl (C=O) groups is 2. The first kappa shape index (κ1) is 17.9. The van der Waals surface area contributed by atoms with Crippen LogP contribution in [0, 0.1) is 5.82 Å². The molecule has 0 aliphatic carbocycles. The molecule has 5 nitrogen and oxygen atoms in total. The molecule has 0 radical (unpaired) electrons. The number of carbonyl (C=O) groups excluding carboxylic acids is 2. The number of hydrogen-bond acceptors (Lipinski definition) is 4. The van der Waals surface area contributed by atoms with Gasteiger partial charge in [-0.3, -0.25) is 4.79 Å². The van der Waals surface area contributed by atoms with Crippen LogP contribution in [0.1, 0.15) is 34.9 Å². The summed E-state index contributed by atoms with van der Waals surface area (Å²) in [6, 6.07) is 12.7. The Morgan fingerprint density at radius 1 is 1.08 bits per heavy atom. The third kappa shape index (κ3) is 3.85. The van der Waals surface area contributed by atoms with E-state index in [-0.39, 0.29) is 17.2 Å². The topological polar surface area (TPSA) is 55.8 Å². The number of rotatable bonds is 5. The highest BCUT2D eigenvalue weighted by molar-refractivity contribution is 5.93. The summed E-state index contributed by atoms with van der Waals surface area (Å²) in [4.78, 5) is 27.0. The smallest absolute Gasteiger partial charge is 0.339 e. The molecule has 1 atom stereocenters. The number of amides is 1. The molecule has 0 aromatic heterocycles. The van der Waals surface area contributed by atoms with Crippen LogP contribution in [0.4, 0.5) is 4.39 Å². The molecule has 0 saturated carbocycles. The SMILES string of the molecule is COc1ccc(C(=O)O[C@H](C(=O)N2CCCC2)c2ccccc2)cc1F. The van der Waals surface area contributed by atoms with E-state index in [1.54, 1.807) is 29.2 Å². The van der Waals surface area contributed by atoms with Crippen molar-refractivity contribution in [2.75, 3.05) is 20.2 Å². The monoisotopic (exact) mass is 357 g/mol. The average Bonchev–Trinajstić information content (AvgIpc) is 3.21. The second-order valence-electron chi connectivity index (χ2n) is 6.08. The Labute approximate surface area is 151 Å². The highest BCUT2D eigenvalue weighted by Gasteiger charge is 2.31. The van der Waals surface area contributed by atoms with E-state index in [0.717, 1.165) is 18.9 Å². The molecule has 0 unspecified atom stereocenters. The van der Waals surface area contributed by atoms with E-state index in [1.165, 1.54) is 19.2 Å².